The van der Waals surface area contributed by atoms with Gasteiger partial charge in [0.2, 0.25) is 5.91 Å². The lowest BCUT2D eigenvalue weighted by Gasteiger charge is -2.23. The first kappa shape index (κ1) is 45.1. The smallest absolute Gasteiger partial charge is 0.249 e. The maximum Gasteiger partial charge on any atom is 0.249 e. The van der Waals surface area contributed by atoms with Gasteiger partial charge in [0.05, 0.1) is 18.8 Å². The van der Waals surface area contributed by atoms with Crippen molar-refractivity contribution < 1.29 is 20.1 Å². The minimum atomic E-state index is -1.09. The van der Waals surface area contributed by atoms with Crippen LogP contribution in [0.2, 0.25) is 0 Å². The molecule has 0 aliphatic carbocycles. The van der Waals surface area contributed by atoms with E-state index in [1.807, 2.05) is 0 Å². The van der Waals surface area contributed by atoms with Crippen LogP contribution in [-0.2, 0) is 4.79 Å². The Balaban J connectivity index is 3.62. The first-order chi connectivity index (χ1) is 22.6. The summed E-state index contributed by atoms with van der Waals surface area (Å²) in [5.41, 5.74) is 0. The molecule has 0 saturated heterocycles. The van der Waals surface area contributed by atoms with Crippen molar-refractivity contribution in [2.75, 3.05) is 6.61 Å². The highest BCUT2D eigenvalue weighted by molar-refractivity contribution is 5.80. The third kappa shape index (κ3) is 31.7. The second-order valence-electron chi connectivity index (χ2n) is 14.2. The van der Waals surface area contributed by atoms with E-state index in [1.165, 1.54) is 154 Å². The largest absolute Gasteiger partial charge is 0.394 e. The number of amides is 1. The Hall–Kier alpha value is -0.910. The van der Waals surface area contributed by atoms with E-state index >= 15 is 0 Å². The van der Waals surface area contributed by atoms with E-state index in [2.05, 4.69) is 31.3 Å². The Bertz CT molecular complexity index is 640. The summed E-state index contributed by atoms with van der Waals surface area (Å²) in [5, 5.41) is 33.2. The van der Waals surface area contributed by atoms with Crippen molar-refractivity contribution >= 4 is 5.91 Å². The monoisotopic (exact) mass is 652 g/mol. The number of unbranched alkanes of at least 4 members (excludes halogenated alkanes) is 27. The van der Waals surface area contributed by atoms with Crippen LogP contribution >= 0.6 is 0 Å². The van der Waals surface area contributed by atoms with Crippen LogP contribution in [0.1, 0.15) is 219 Å². The molecule has 3 unspecified atom stereocenters. The van der Waals surface area contributed by atoms with E-state index in [9.17, 15) is 20.1 Å². The third-order valence-corrected chi connectivity index (χ3v) is 9.63. The van der Waals surface area contributed by atoms with Gasteiger partial charge >= 0.3 is 0 Å². The molecule has 0 aliphatic rings. The maximum absolute atomic E-state index is 12.4. The minimum absolute atomic E-state index is 0.317. The van der Waals surface area contributed by atoms with Gasteiger partial charge in [-0.05, 0) is 38.5 Å². The van der Waals surface area contributed by atoms with Crippen molar-refractivity contribution in [1.82, 2.24) is 5.32 Å². The van der Waals surface area contributed by atoms with Crippen LogP contribution < -0.4 is 5.32 Å². The number of nitrogens with one attached hydrogen (secondary N) is 1. The van der Waals surface area contributed by atoms with E-state index in [0.29, 0.717) is 12.8 Å². The lowest BCUT2D eigenvalue weighted by Crippen LogP contribution is -2.49. The normalized spacial score (nSPS) is 13.8. The van der Waals surface area contributed by atoms with Crippen LogP contribution in [0.25, 0.3) is 0 Å². The molecule has 5 nitrogen and oxygen atoms in total. The Morgan fingerprint density at radius 3 is 1.22 bits per heavy atom. The van der Waals surface area contributed by atoms with Crippen LogP contribution in [-0.4, -0.2) is 46.1 Å². The summed E-state index contributed by atoms with van der Waals surface area (Å²) < 4.78 is 0. The number of hydrogen-bond donors (Lipinski definition) is 4. The predicted molar refractivity (Wildman–Crippen MR) is 199 cm³/mol. The van der Waals surface area contributed by atoms with Gasteiger partial charge in [-0.1, -0.05) is 193 Å². The molecule has 0 aromatic heterocycles. The average Bonchev–Trinajstić information content (AvgIpc) is 3.06. The molecule has 0 radical (unpaired) electrons. The predicted octanol–water partition coefficient (Wildman–Crippen LogP) is 11.3. The molecule has 274 valence electrons. The van der Waals surface area contributed by atoms with E-state index in [0.717, 1.165) is 38.5 Å². The first-order valence-electron chi connectivity index (χ1n) is 20.5. The van der Waals surface area contributed by atoms with Crippen molar-refractivity contribution in [2.24, 2.45) is 0 Å². The van der Waals surface area contributed by atoms with E-state index in [4.69, 9.17) is 0 Å². The van der Waals surface area contributed by atoms with Gasteiger partial charge in [-0.3, -0.25) is 4.79 Å². The van der Waals surface area contributed by atoms with Crippen molar-refractivity contribution in [2.45, 2.75) is 238 Å². The Morgan fingerprint density at radius 2 is 0.826 bits per heavy atom. The molecular formula is C41H81NO4. The number of aliphatic hydroxyl groups excluding tert-OH is 3. The molecule has 46 heavy (non-hydrogen) atoms. The van der Waals surface area contributed by atoms with Crippen LogP contribution in [0, 0.1) is 0 Å². The summed E-state index contributed by atoms with van der Waals surface area (Å²) in [6.07, 6.45) is 42.1. The lowest BCUT2D eigenvalue weighted by atomic mass is 10.0. The molecular weight excluding hydrogens is 570 g/mol. The molecule has 3 atom stereocenters. The van der Waals surface area contributed by atoms with Gasteiger partial charge in [-0.15, -0.1) is 0 Å². The van der Waals surface area contributed by atoms with Crippen molar-refractivity contribution in [3.63, 3.8) is 0 Å². The zero-order valence-electron chi connectivity index (χ0n) is 31.0. The van der Waals surface area contributed by atoms with Gasteiger partial charge in [-0.25, -0.2) is 0 Å². The molecule has 0 aromatic rings. The van der Waals surface area contributed by atoms with E-state index in [1.54, 1.807) is 0 Å². The fourth-order valence-corrected chi connectivity index (χ4v) is 6.36. The maximum atomic E-state index is 12.4. The van der Waals surface area contributed by atoms with Gasteiger partial charge < -0.3 is 20.6 Å². The molecule has 0 spiro atoms. The van der Waals surface area contributed by atoms with Crippen LogP contribution in [0.3, 0.4) is 0 Å². The molecule has 5 heteroatoms. The molecule has 0 heterocycles. The van der Waals surface area contributed by atoms with E-state index < -0.39 is 24.2 Å². The second kappa shape index (κ2) is 36.9. The highest BCUT2D eigenvalue weighted by Gasteiger charge is 2.23. The first-order valence-corrected chi connectivity index (χ1v) is 20.5. The van der Waals surface area contributed by atoms with Gasteiger partial charge in [0.25, 0.3) is 0 Å². The quantitative estimate of drug-likeness (QED) is 0.0397. The van der Waals surface area contributed by atoms with Crippen molar-refractivity contribution in [1.29, 1.82) is 0 Å². The highest BCUT2D eigenvalue weighted by atomic mass is 16.3. The van der Waals surface area contributed by atoms with Gasteiger partial charge in [-0.2, -0.15) is 0 Å². The fourth-order valence-electron chi connectivity index (χ4n) is 6.36. The van der Waals surface area contributed by atoms with Crippen LogP contribution in [0.15, 0.2) is 12.2 Å². The van der Waals surface area contributed by atoms with Crippen LogP contribution in [0.4, 0.5) is 0 Å². The molecule has 0 saturated carbocycles. The molecule has 0 aliphatic heterocycles. The number of rotatable bonds is 37. The number of aliphatic hydroxyl groups is 3. The minimum Gasteiger partial charge on any atom is -0.394 e. The highest BCUT2D eigenvalue weighted by Crippen LogP contribution is 2.16. The van der Waals surface area contributed by atoms with E-state index in [-0.39, 0.29) is 6.61 Å². The fraction of sp³-hybridized carbons (Fsp3) is 0.927. The Labute approximate surface area is 287 Å². The number of carbonyl (C=O) groups is 1. The average molecular weight is 652 g/mol. The number of carbonyl (C=O) groups excluding carboxylic acids is 1. The Morgan fingerprint density at radius 1 is 0.500 bits per heavy atom. The topological polar surface area (TPSA) is 89.8 Å². The van der Waals surface area contributed by atoms with Crippen molar-refractivity contribution in [3.05, 3.63) is 12.2 Å². The zero-order valence-corrected chi connectivity index (χ0v) is 31.0. The molecule has 0 fully saturated rings. The SMILES string of the molecule is CCCCCCCC/C=C\CCCCC(O)C(=O)NC(CO)C(O)CCCCCCCCCCCCCCCCCCCCCC. The van der Waals surface area contributed by atoms with Gasteiger partial charge in [0.15, 0.2) is 0 Å². The summed E-state index contributed by atoms with van der Waals surface area (Å²) in [5.74, 6) is -0.486. The molecule has 0 bridgehead atoms. The summed E-state index contributed by atoms with van der Waals surface area (Å²) in [7, 11) is 0. The van der Waals surface area contributed by atoms with Crippen LogP contribution in [0.5, 0.6) is 0 Å². The summed E-state index contributed by atoms with van der Waals surface area (Å²) >= 11 is 0. The summed E-state index contributed by atoms with van der Waals surface area (Å²) in [6.45, 7) is 4.21. The van der Waals surface area contributed by atoms with Crippen molar-refractivity contribution in [3.8, 4) is 0 Å². The summed E-state index contributed by atoms with van der Waals surface area (Å²) in [6, 6.07) is -0.715. The lowest BCUT2D eigenvalue weighted by molar-refractivity contribution is -0.131. The van der Waals surface area contributed by atoms with Gasteiger partial charge in [0.1, 0.15) is 6.10 Å². The molecule has 1 amide bonds. The molecule has 0 rings (SSSR count). The Kier molecular flexibility index (Phi) is 36.2. The number of allylic oxidation sites excluding steroid dienone is 2. The number of hydrogen-bond acceptors (Lipinski definition) is 4. The second-order valence-corrected chi connectivity index (χ2v) is 14.2. The third-order valence-electron chi connectivity index (χ3n) is 9.63. The molecule has 0 aromatic carbocycles. The zero-order chi connectivity index (χ0) is 33.8. The molecule has 4 N–H and O–H groups in total. The van der Waals surface area contributed by atoms with Gasteiger partial charge in [0, 0.05) is 0 Å². The standard InChI is InChI=1S/C41H81NO4/c1-3-5-7-9-11-13-15-17-18-19-20-21-22-23-24-26-27-29-31-33-35-39(44)38(37-43)42-41(46)40(45)36-34-32-30-28-25-16-14-12-10-8-6-4-2/h25,28,38-40,43-45H,3-24,26-27,29-37H2,1-2H3,(H,42,46)/b28-25-. The summed E-state index contributed by atoms with van der Waals surface area (Å²) in [4.78, 5) is 12.4.